The quantitative estimate of drug-likeness (QED) is 0.259. The van der Waals surface area contributed by atoms with Crippen molar-refractivity contribution in [3.63, 3.8) is 0 Å². The molecule has 0 heterocycles. The molecule has 0 aromatic heterocycles. The van der Waals surface area contributed by atoms with Crippen molar-refractivity contribution in [1.82, 2.24) is 0 Å². The van der Waals surface area contributed by atoms with E-state index in [2.05, 4.69) is 98.5 Å². The molecule has 0 fully saturated rings. The fraction of sp³-hybridized carbons (Fsp3) is 0.333. The number of unbranched alkanes of at least 4 members (excludes halogenated alkanes) is 2. The smallest absolute Gasteiger partial charge is 0.0249 e. The van der Waals surface area contributed by atoms with Crippen LogP contribution in [0.15, 0.2) is 72.8 Å². The highest BCUT2D eigenvalue weighted by Crippen LogP contribution is 2.12. The zero-order valence-electron chi connectivity index (χ0n) is 18.6. The molecule has 3 rings (SSSR count). The van der Waals surface area contributed by atoms with Crippen LogP contribution in [0.25, 0.3) is 0 Å². The lowest BCUT2D eigenvalue weighted by atomic mass is 10.0. The first-order valence-corrected chi connectivity index (χ1v) is 11.5. The molecule has 154 valence electrons. The number of hydrogen-bond donors (Lipinski definition) is 0. The number of aryl methyl sites for hydroxylation is 4. The van der Waals surface area contributed by atoms with Gasteiger partial charge < -0.3 is 0 Å². The zero-order valence-corrected chi connectivity index (χ0v) is 18.6. The molecule has 0 saturated heterocycles. The molecule has 3 aromatic rings. The Kier molecular flexibility index (Phi) is 8.80. The molecule has 0 nitrogen and oxygen atoms in total. The standard InChI is InChI=1S/C30H34/c1-3-5-6-8-26-11-15-28(16-12-26)18-20-30-23-21-29(22-24-30)19-17-27-13-9-25(7-4-2)10-14-27/h9-16,21-24H,3-8,17,19H2,1-2H3. The molecule has 0 atom stereocenters. The van der Waals surface area contributed by atoms with Gasteiger partial charge >= 0.3 is 0 Å². The van der Waals surface area contributed by atoms with Crippen molar-refractivity contribution >= 4 is 0 Å². The summed E-state index contributed by atoms with van der Waals surface area (Å²) >= 11 is 0. The maximum absolute atomic E-state index is 3.30. The molecule has 0 aliphatic heterocycles. The summed E-state index contributed by atoms with van der Waals surface area (Å²) in [6, 6.07) is 26.6. The first-order chi connectivity index (χ1) is 14.8. The summed E-state index contributed by atoms with van der Waals surface area (Å²) in [5.74, 6) is 6.60. The average Bonchev–Trinajstić information content (AvgIpc) is 2.79. The van der Waals surface area contributed by atoms with Crippen molar-refractivity contribution in [1.29, 1.82) is 0 Å². The lowest BCUT2D eigenvalue weighted by molar-refractivity contribution is 0.717. The molecule has 3 aromatic carbocycles. The first-order valence-electron chi connectivity index (χ1n) is 11.5. The molecule has 30 heavy (non-hydrogen) atoms. The minimum Gasteiger partial charge on any atom is -0.0654 e. The van der Waals surface area contributed by atoms with E-state index in [9.17, 15) is 0 Å². The van der Waals surface area contributed by atoms with Crippen LogP contribution >= 0.6 is 0 Å². The Bertz CT molecular complexity index is 932. The van der Waals surface area contributed by atoms with Crippen molar-refractivity contribution in [2.75, 3.05) is 0 Å². The van der Waals surface area contributed by atoms with Crippen LogP contribution in [-0.4, -0.2) is 0 Å². The van der Waals surface area contributed by atoms with Gasteiger partial charge in [0, 0.05) is 11.1 Å². The van der Waals surface area contributed by atoms with Gasteiger partial charge in [-0.3, -0.25) is 0 Å². The largest absolute Gasteiger partial charge is 0.0654 e. The van der Waals surface area contributed by atoms with Gasteiger partial charge in [-0.05, 0) is 78.6 Å². The van der Waals surface area contributed by atoms with Crippen LogP contribution in [0.2, 0.25) is 0 Å². The van der Waals surface area contributed by atoms with Crippen LogP contribution in [0, 0.1) is 11.8 Å². The monoisotopic (exact) mass is 394 g/mol. The van der Waals surface area contributed by atoms with E-state index in [0.29, 0.717) is 0 Å². The van der Waals surface area contributed by atoms with Crippen LogP contribution in [-0.2, 0) is 25.7 Å². The average molecular weight is 395 g/mol. The molecule has 0 aliphatic rings. The van der Waals surface area contributed by atoms with Gasteiger partial charge in [-0.25, -0.2) is 0 Å². The summed E-state index contributed by atoms with van der Waals surface area (Å²) in [5, 5.41) is 0. The van der Waals surface area contributed by atoms with E-state index in [1.807, 2.05) is 0 Å². The zero-order chi connectivity index (χ0) is 21.0. The highest BCUT2D eigenvalue weighted by Gasteiger charge is 1.98. The molecule has 0 spiro atoms. The predicted molar refractivity (Wildman–Crippen MR) is 130 cm³/mol. The van der Waals surface area contributed by atoms with Gasteiger partial charge in [-0.2, -0.15) is 0 Å². The molecule has 0 radical (unpaired) electrons. The summed E-state index contributed by atoms with van der Waals surface area (Å²) in [5.41, 5.74) is 7.81. The van der Waals surface area contributed by atoms with Gasteiger partial charge in [-0.1, -0.05) is 93.5 Å². The van der Waals surface area contributed by atoms with E-state index < -0.39 is 0 Å². The second-order valence-corrected chi connectivity index (χ2v) is 8.17. The van der Waals surface area contributed by atoms with Crippen LogP contribution < -0.4 is 0 Å². The molecule has 0 N–H and O–H groups in total. The lowest BCUT2D eigenvalue weighted by Crippen LogP contribution is -1.92. The summed E-state index contributed by atoms with van der Waals surface area (Å²) in [4.78, 5) is 0. The van der Waals surface area contributed by atoms with Gasteiger partial charge in [0.2, 0.25) is 0 Å². The SMILES string of the molecule is CCCCCc1ccc(C#Cc2ccc(CCc3ccc(CCC)cc3)cc2)cc1. The van der Waals surface area contributed by atoms with Crippen LogP contribution in [0.1, 0.15) is 72.9 Å². The van der Waals surface area contributed by atoms with E-state index in [1.165, 1.54) is 60.8 Å². The van der Waals surface area contributed by atoms with E-state index in [1.54, 1.807) is 0 Å². The number of benzene rings is 3. The van der Waals surface area contributed by atoms with E-state index in [4.69, 9.17) is 0 Å². The normalized spacial score (nSPS) is 10.5. The fourth-order valence-electron chi connectivity index (χ4n) is 3.68. The Hall–Kier alpha value is -2.78. The van der Waals surface area contributed by atoms with Crippen molar-refractivity contribution in [2.45, 2.75) is 65.2 Å². The molecule has 0 amide bonds. The number of hydrogen-bond acceptors (Lipinski definition) is 0. The lowest BCUT2D eigenvalue weighted by Gasteiger charge is -2.04. The fourth-order valence-corrected chi connectivity index (χ4v) is 3.68. The van der Waals surface area contributed by atoms with Crippen LogP contribution in [0.3, 0.4) is 0 Å². The third kappa shape index (κ3) is 7.23. The molecular weight excluding hydrogens is 360 g/mol. The molecule has 0 heteroatoms. The molecule has 0 unspecified atom stereocenters. The highest BCUT2D eigenvalue weighted by molar-refractivity contribution is 5.44. The van der Waals surface area contributed by atoms with Crippen molar-refractivity contribution < 1.29 is 0 Å². The Morgan fingerprint density at radius 3 is 1.27 bits per heavy atom. The third-order valence-corrected chi connectivity index (χ3v) is 5.59. The Labute approximate surface area is 183 Å². The van der Waals surface area contributed by atoms with Gasteiger partial charge in [0.1, 0.15) is 0 Å². The minimum absolute atomic E-state index is 1.07. The van der Waals surface area contributed by atoms with E-state index in [-0.39, 0.29) is 0 Å². The highest BCUT2D eigenvalue weighted by atomic mass is 14.0. The summed E-state index contributed by atoms with van der Waals surface area (Å²) in [6.45, 7) is 4.48. The second-order valence-electron chi connectivity index (χ2n) is 8.17. The summed E-state index contributed by atoms with van der Waals surface area (Å²) in [6.07, 6.45) is 9.56. The Morgan fingerprint density at radius 2 is 0.833 bits per heavy atom. The van der Waals surface area contributed by atoms with Gasteiger partial charge in [0.25, 0.3) is 0 Å². The van der Waals surface area contributed by atoms with Crippen molar-refractivity contribution in [2.24, 2.45) is 0 Å². The summed E-state index contributed by atoms with van der Waals surface area (Å²) < 4.78 is 0. The third-order valence-electron chi connectivity index (χ3n) is 5.59. The minimum atomic E-state index is 1.07. The molecular formula is C30H34. The Balaban J connectivity index is 1.51. The van der Waals surface area contributed by atoms with Gasteiger partial charge in [0.05, 0.1) is 0 Å². The topological polar surface area (TPSA) is 0 Å². The summed E-state index contributed by atoms with van der Waals surface area (Å²) in [7, 11) is 0. The molecule has 0 bridgehead atoms. The maximum Gasteiger partial charge on any atom is 0.0249 e. The molecule has 0 aliphatic carbocycles. The van der Waals surface area contributed by atoms with Crippen LogP contribution in [0.4, 0.5) is 0 Å². The molecule has 0 saturated carbocycles. The van der Waals surface area contributed by atoms with Crippen molar-refractivity contribution in [3.8, 4) is 11.8 Å². The van der Waals surface area contributed by atoms with E-state index in [0.717, 1.165) is 24.0 Å². The van der Waals surface area contributed by atoms with Crippen LogP contribution in [0.5, 0.6) is 0 Å². The van der Waals surface area contributed by atoms with Gasteiger partial charge in [-0.15, -0.1) is 0 Å². The predicted octanol–water partition coefficient (Wildman–Crippen LogP) is 7.56. The first kappa shape index (κ1) is 21.9. The maximum atomic E-state index is 3.30. The van der Waals surface area contributed by atoms with Gasteiger partial charge in [0.15, 0.2) is 0 Å². The van der Waals surface area contributed by atoms with E-state index >= 15 is 0 Å². The number of rotatable bonds is 9. The second kappa shape index (κ2) is 12.0. The Morgan fingerprint density at radius 1 is 0.433 bits per heavy atom. The van der Waals surface area contributed by atoms with Crippen molar-refractivity contribution in [3.05, 3.63) is 106 Å².